The number of amides is 3. The molecule has 15 heavy (non-hydrogen) atoms. The van der Waals surface area contributed by atoms with Crippen molar-refractivity contribution in [2.75, 3.05) is 12.3 Å². The molecular weight excluding hydrogens is 224 g/mol. The number of hydrogen-bond acceptors (Lipinski definition) is 4. The van der Waals surface area contributed by atoms with E-state index >= 15 is 0 Å². The fourth-order valence-electron chi connectivity index (χ4n) is 1.55. The van der Waals surface area contributed by atoms with Crippen molar-refractivity contribution in [1.82, 2.24) is 10.2 Å². The molecule has 0 aromatic heterocycles. The number of nitrogens with one attached hydrogen (secondary N) is 1. The molecule has 1 heterocycles. The van der Waals surface area contributed by atoms with E-state index in [2.05, 4.69) is 5.32 Å². The van der Waals surface area contributed by atoms with Crippen LogP contribution in [0, 0.1) is 0 Å². The molecule has 86 valence electrons. The van der Waals surface area contributed by atoms with Gasteiger partial charge in [-0.05, 0) is 13.8 Å². The van der Waals surface area contributed by atoms with Crippen molar-refractivity contribution in [3.63, 3.8) is 0 Å². The Labute approximate surface area is 87.2 Å². The first-order valence-electron chi connectivity index (χ1n) is 4.19. The minimum Gasteiger partial charge on any atom is -0.329 e. The summed E-state index contributed by atoms with van der Waals surface area (Å²) in [5.41, 5.74) is -1.26. The van der Waals surface area contributed by atoms with Crippen LogP contribution in [0.3, 0.4) is 0 Å². The van der Waals surface area contributed by atoms with Gasteiger partial charge in [-0.1, -0.05) is 0 Å². The van der Waals surface area contributed by atoms with Crippen LogP contribution in [0.15, 0.2) is 0 Å². The third-order valence-electron chi connectivity index (χ3n) is 1.98. The zero-order valence-corrected chi connectivity index (χ0v) is 9.17. The summed E-state index contributed by atoms with van der Waals surface area (Å²) in [7, 11) is -4.24. The van der Waals surface area contributed by atoms with Crippen LogP contribution in [0.2, 0.25) is 0 Å². The van der Waals surface area contributed by atoms with E-state index in [-0.39, 0.29) is 6.54 Å². The average molecular weight is 236 g/mol. The van der Waals surface area contributed by atoms with Crippen LogP contribution in [0.1, 0.15) is 13.8 Å². The minimum atomic E-state index is -4.24. The second-order valence-corrected chi connectivity index (χ2v) is 5.38. The second-order valence-electron chi connectivity index (χ2n) is 3.93. The molecule has 2 N–H and O–H groups in total. The summed E-state index contributed by atoms with van der Waals surface area (Å²) in [6.45, 7) is 2.64. The maximum atomic E-state index is 11.3. The minimum absolute atomic E-state index is 0.145. The van der Waals surface area contributed by atoms with Gasteiger partial charge >= 0.3 is 6.03 Å². The lowest BCUT2D eigenvalue weighted by atomic mass is 10.1. The molecule has 1 saturated heterocycles. The van der Waals surface area contributed by atoms with Crippen molar-refractivity contribution in [1.29, 1.82) is 0 Å². The first-order chi connectivity index (χ1) is 6.63. The summed E-state index contributed by atoms with van der Waals surface area (Å²) >= 11 is 0. The highest BCUT2D eigenvalue weighted by Crippen LogP contribution is 2.19. The molecule has 0 saturated carbocycles. The van der Waals surface area contributed by atoms with E-state index < -0.39 is 33.3 Å². The van der Waals surface area contributed by atoms with Gasteiger partial charge in [-0.25, -0.2) is 4.79 Å². The topological polar surface area (TPSA) is 104 Å². The Kier molecular flexibility index (Phi) is 2.75. The van der Waals surface area contributed by atoms with Gasteiger partial charge in [0, 0.05) is 0 Å². The molecule has 7 nitrogen and oxygen atoms in total. The molecular formula is C7H12N2O5S. The number of carbonyl (C=O) groups is 2. The Hall–Kier alpha value is -1.15. The van der Waals surface area contributed by atoms with Crippen molar-refractivity contribution in [2.24, 2.45) is 0 Å². The molecule has 8 heteroatoms. The third-order valence-corrected chi connectivity index (χ3v) is 3.06. The van der Waals surface area contributed by atoms with E-state index in [1.54, 1.807) is 0 Å². The largest absolute Gasteiger partial charge is 0.329 e. The van der Waals surface area contributed by atoms with Crippen LogP contribution in [-0.2, 0) is 14.9 Å². The van der Waals surface area contributed by atoms with Gasteiger partial charge in [0.05, 0.1) is 17.8 Å². The molecule has 0 aromatic rings. The average Bonchev–Trinajstić information content (AvgIpc) is 2.25. The Morgan fingerprint density at radius 3 is 2.33 bits per heavy atom. The fraction of sp³-hybridized carbons (Fsp3) is 0.714. The van der Waals surface area contributed by atoms with Crippen molar-refractivity contribution >= 4 is 22.1 Å². The summed E-state index contributed by atoms with van der Waals surface area (Å²) in [6.07, 6.45) is 0. The van der Waals surface area contributed by atoms with Crippen LogP contribution in [0.4, 0.5) is 4.79 Å². The van der Waals surface area contributed by atoms with Crippen LogP contribution < -0.4 is 5.32 Å². The fourth-order valence-corrected chi connectivity index (χ4v) is 2.57. The molecule has 0 spiro atoms. The molecule has 1 fully saturated rings. The predicted octanol–water partition coefficient (Wildman–Crippen LogP) is -0.795. The predicted molar refractivity (Wildman–Crippen MR) is 50.7 cm³/mol. The lowest BCUT2D eigenvalue weighted by Crippen LogP contribution is -2.52. The van der Waals surface area contributed by atoms with E-state index in [9.17, 15) is 18.0 Å². The number of imide groups is 1. The van der Waals surface area contributed by atoms with Crippen LogP contribution in [-0.4, -0.2) is 47.6 Å². The molecule has 1 aliphatic heterocycles. The lowest BCUT2D eigenvalue weighted by molar-refractivity contribution is -0.128. The Bertz CT molecular complexity index is 384. The maximum absolute atomic E-state index is 11.3. The van der Waals surface area contributed by atoms with Gasteiger partial charge in [-0.2, -0.15) is 8.42 Å². The van der Waals surface area contributed by atoms with Gasteiger partial charge in [0.1, 0.15) is 0 Å². The van der Waals surface area contributed by atoms with E-state index in [0.717, 1.165) is 4.90 Å². The van der Waals surface area contributed by atoms with Crippen molar-refractivity contribution < 1.29 is 22.6 Å². The van der Waals surface area contributed by atoms with Crippen molar-refractivity contribution in [3.05, 3.63) is 0 Å². The van der Waals surface area contributed by atoms with E-state index in [1.165, 1.54) is 13.8 Å². The second kappa shape index (κ2) is 3.46. The molecule has 0 radical (unpaired) electrons. The number of urea groups is 1. The Morgan fingerprint density at radius 1 is 1.47 bits per heavy atom. The monoisotopic (exact) mass is 236 g/mol. The van der Waals surface area contributed by atoms with Gasteiger partial charge in [-0.15, -0.1) is 0 Å². The molecule has 0 atom stereocenters. The van der Waals surface area contributed by atoms with Gasteiger partial charge < -0.3 is 5.32 Å². The number of nitrogens with zero attached hydrogens (tertiary/aromatic N) is 1. The van der Waals surface area contributed by atoms with E-state index in [0.29, 0.717) is 0 Å². The smallest absolute Gasteiger partial charge is 0.325 e. The summed E-state index contributed by atoms with van der Waals surface area (Å²) in [5.74, 6) is -1.19. The van der Waals surface area contributed by atoms with Crippen LogP contribution >= 0.6 is 0 Å². The van der Waals surface area contributed by atoms with E-state index in [4.69, 9.17) is 4.55 Å². The highest BCUT2D eigenvalue weighted by molar-refractivity contribution is 7.85. The zero-order valence-electron chi connectivity index (χ0n) is 8.35. The quantitative estimate of drug-likeness (QED) is 0.493. The Morgan fingerprint density at radius 2 is 2.00 bits per heavy atom. The van der Waals surface area contributed by atoms with Gasteiger partial charge in [0.25, 0.3) is 16.0 Å². The summed E-state index contributed by atoms with van der Waals surface area (Å²) in [5, 5.41) is 2.27. The highest BCUT2D eigenvalue weighted by Gasteiger charge is 2.42. The standard InChI is InChI=1S/C7H12N2O5S/c1-7(2,4-15(12,13)14)9-5(10)3-8-6(9)11/h3-4H2,1-2H3,(H,8,11)(H,12,13,14). The molecule has 3 amide bonds. The number of rotatable bonds is 3. The molecule has 1 aliphatic rings. The van der Waals surface area contributed by atoms with E-state index in [1.807, 2.05) is 0 Å². The zero-order chi connectivity index (χ0) is 11.9. The van der Waals surface area contributed by atoms with Crippen LogP contribution in [0.25, 0.3) is 0 Å². The van der Waals surface area contributed by atoms with Crippen LogP contribution in [0.5, 0.6) is 0 Å². The summed E-state index contributed by atoms with van der Waals surface area (Å²) < 4.78 is 30.1. The first kappa shape index (κ1) is 11.9. The maximum Gasteiger partial charge on any atom is 0.325 e. The molecule has 0 unspecified atom stereocenters. The SMILES string of the molecule is CC(C)(CS(=O)(=O)O)N1C(=O)CNC1=O. The van der Waals surface area contributed by atoms with Gasteiger partial charge in [0.15, 0.2) is 0 Å². The number of hydrogen-bond donors (Lipinski definition) is 2. The van der Waals surface area contributed by atoms with Crippen molar-refractivity contribution in [3.8, 4) is 0 Å². The summed E-state index contributed by atoms with van der Waals surface area (Å²) in [4.78, 5) is 23.3. The van der Waals surface area contributed by atoms with Gasteiger partial charge in [0.2, 0.25) is 0 Å². The number of carbonyl (C=O) groups excluding carboxylic acids is 2. The lowest BCUT2D eigenvalue weighted by Gasteiger charge is -2.31. The first-order valence-corrected chi connectivity index (χ1v) is 5.80. The summed E-state index contributed by atoms with van der Waals surface area (Å²) in [6, 6.07) is -0.645. The molecule has 0 aromatic carbocycles. The van der Waals surface area contributed by atoms with Crippen molar-refractivity contribution in [2.45, 2.75) is 19.4 Å². The normalized spacial score (nSPS) is 18.2. The Balaban J connectivity index is 2.95. The molecule has 0 aliphatic carbocycles. The highest BCUT2D eigenvalue weighted by atomic mass is 32.2. The third kappa shape index (κ3) is 2.66. The molecule has 1 rings (SSSR count). The van der Waals surface area contributed by atoms with Gasteiger partial charge in [-0.3, -0.25) is 14.2 Å². The molecule has 0 bridgehead atoms.